The van der Waals surface area contributed by atoms with Gasteiger partial charge in [-0.05, 0) is 31.5 Å². The van der Waals surface area contributed by atoms with Gasteiger partial charge in [-0.3, -0.25) is 10.1 Å². The highest BCUT2D eigenvalue weighted by atomic mass is 32.1. The Morgan fingerprint density at radius 1 is 1.34 bits per heavy atom. The second-order valence-corrected chi connectivity index (χ2v) is 9.09. The largest absolute Gasteiger partial charge is 0.301 e. The highest BCUT2D eigenvalue weighted by molar-refractivity contribution is 7.16. The van der Waals surface area contributed by atoms with Crippen molar-refractivity contribution < 1.29 is 4.79 Å². The average Bonchev–Trinajstić information content (AvgIpc) is 3.45. The molecule has 0 saturated carbocycles. The van der Waals surface area contributed by atoms with Crippen LogP contribution in [0.15, 0.2) is 29.8 Å². The SMILES string of the molecule is CCn1ncc2c(C(=O)Nc3nc4c(s3)CN(C)CC4)cc(-c3cccs3)nc21. The maximum atomic E-state index is 13.2. The molecule has 7 nitrogen and oxygen atoms in total. The second kappa shape index (κ2) is 7.33. The molecule has 1 amide bonds. The fraction of sp³-hybridized carbons (Fsp3) is 0.300. The highest BCUT2D eigenvalue weighted by Gasteiger charge is 2.22. The van der Waals surface area contributed by atoms with Gasteiger partial charge in [0.2, 0.25) is 0 Å². The summed E-state index contributed by atoms with van der Waals surface area (Å²) in [6, 6.07) is 5.85. The van der Waals surface area contributed by atoms with Crippen LogP contribution in [0.1, 0.15) is 27.9 Å². The zero-order valence-corrected chi connectivity index (χ0v) is 17.8. The van der Waals surface area contributed by atoms with Gasteiger partial charge in [-0.15, -0.1) is 22.7 Å². The van der Waals surface area contributed by atoms with Crippen molar-refractivity contribution in [2.24, 2.45) is 0 Å². The van der Waals surface area contributed by atoms with Crippen molar-refractivity contribution in [2.45, 2.75) is 26.4 Å². The van der Waals surface area contributed by atoms with Crippen molar-refractivity contribution in [2.75, 3.05) is 18.9 Å². The van der Waals surface area contributed by atoms with Crippen LogP contribution in [0.3, 0.4) is 0 Å². The van der Waals surface area contributed by atoms with Gasteiger partial charge in [-0.1, -0.05) is 6.07 Å². The number of carbonyl (C=O) groups is 1. The molecule has 0 unspecified atom stereocenters. The fourth-order valence-electron chi connectivity index (χ4n) is 3.56. The zero-order valence-electron chi connectivity index (χ0n) is 16.2. The van der Waals surface area contributed by atoms with Crippen molar-refractivity contribution in [3.05, 3.63) is 45.9 Å². The summed E-state index contributed by atoms with van der Waals surface area (Å²) in [7, 11) is 2.10. The number of nitrogens with one attached hydrogen (secondary N) is 1. The summed E-state index contributed by atoms with van der Waals surface area (Å²) in [4.78, 5) is 27.2. The lowest BCUT2D eigenvalue weighted by Gasteiger charge is -2.20. The fourth-order valence-corrected chi connectivity index (χ4v) is 5.33. The number of nitrogens with zero attached hydrogens (tertiary/aromatic N) is 5. The molecule has 0 bridgehead atoms. The molecule has 1 aliphatic heterocycles. The molecule has 0 fully saturated rings. The van der Waals surface area contributed by atoms with E-state index in [1.54, 1.807) is 28.9 Å². The maximum absolute atomic E-state index is 13.2. The quantitative estimate of drug-likeness (QED) is 0.538. The number of pyridine rings is 1. The Bertz CT molecular complexity index is 1190. The topological polar surface area (TPSA) is 75.9 Å². The lowest BCUT2D eigenvalue weighted by molar-refractivity contribution is 0.102. The van der Waals surface area contributed by atoms with Gasteiger partial charge < -0.3 is 4.90 Å². The van der Waals surface area contributed by atoms with E-state index < -0.39 is 0 Å². The monoisotopic (exact) mass is 424 g/mol. The first-order valence-electron chi connectivity index (χ1n) is 9.51. The minimum Gasteiger partial charge on any atom is -0.301 e. The third kappa shape index (κ3) is 3.35. The van der Waals surface area contributed by atoms with Gasteiger partial charge in [0.15, 0.2) is 10.8 Å². The molecule has 29 heavy (non-hydrogen) atoms. The highest BCUT2D eigenvalue weighted by Crippen LogP contribution is 2.30. The van der Waals surface area contributed by atoms with E-state index in [1.807, 2.05) is 35.2 Å². The molecule has 5 heterocycles. The van der Waals surface area contributed by atoms with E-state index in [-0.39, 0.29) is 5.91 Å². The number of anilines is 1. The standard InChI is InChI=1S/C20H20N6OS2/c1-3-26-18-13(10-21-26)12(9-15(22-18)16-5-4-8-28-16)19(27)24-20-23-14-6-7-25(2)11-17(14)29-20/h4-5,8-10H,3,6-7,11H2,1-2H3,(H,23,24,27). The number of hydrogen-bond donors (Lipinski definition) is 1. The van der Waals surface area contributed by atoms with E-state index in [9.17, 15) is 4.79 Å². The number of amides is 1. The van der Waals surface area contributed by atoms with Crippen molar-refractivity contribution in [3.8, 4) is 10.6 Å². The Morgan fingerprint density at radius 2 is 2.24 bits per heavy atom. The Morgan fingerprint density at radius 3 is 3.03 bits per heavy atom. The molecule has 4 aromatic rings. The van der Waals surface area contributed by atoms with Gasteiger partial charge in [0.1, 0.15) is 0 Å². The van der Waals surface area contributed by atoms with E-state index >= 15 is 0 Å². The smallest absolute Gasteiger partial charge is 0.258 e. The summed E-state index contributed by atoms with van der Waals surface area (Å²) < 4.78 is 1.82. The molecule has 0 saturated heterocycles. The van der Waals surface area contributed by atoms with Crippen molar-refractivity contribution in [1.29, 1.82) is 0 Å². The summed E-state index contributed by atoms with van der Waals surface area (Å²) in [5.41, 5.74) is 3.18. The molecule has 1 aliphatic rings. The number of fused-ring (bicyclic) bond motifs is 2. The van der Waals surface area contributed by atoms with Crippen LogP contribution in [-0.2, 0) is 19.5 Å². The number of carbonyl (C=O) groups excluding carboxylic acids is 1. The van der Waals surface area contributed by atoms with Gasteiger partial charge >= 0.3 is 0 Å². The molecule has 148 valence electrons. The Labute approximate surface area is 176 Å². The summed E-state index contributed by atoms with van der Waals surface area (Å²) in [5.74, 6) is -0.176. The van der Waals surface area contributed by atoms with E-state index in [4.69, 9.17) is 4.98 Å². The lowest BCUT2D eigenvalue weighted by atomic mass is 10.1. The predicted octanol–water partition coefficient (Wildman–Crippen LogP) is 3.88. The van der Waals surface area contributed by atoms with Gasteiger partial charge in [0, 0.05) is 30.9 Å². The number of hydrogen-bond acceptors (Lipinski definition) is 7. The van der Waals surface area contributed by atoms with Gasteiger partial charge in [0.25, 0.3) is 5.91 Å². The molecule has 5 rings (SSSR count). The van der Waals surface area contributed by atoms with E-state index in [0.29, 0.717) is 17.2 Å². The number of aryl methyl sites for hydroxylation is 1. The summed E-state index contributed by atoms with van der Waals surface area (Å²) in [5, 5.41) is 10.8. The van der Waals surface area contributed by atoms with Crippen LogP contribution in [-0.4, -0.2) is 44.1 Å². The summed E-state index contributed by atoms with van der Waals surface area (Å²) in [6.07, 6.45) is 2.64. The predicted molar refractivity (Wildman–Crippen MR) is 117 cm³/mol. The third-order valence-corrected chi connectivity index (χ3v) is 6.96. The lowest BCUT2D eigenvalue weighted by Crippen LogP contribution is -2.25. The minimum atomic E-state index is -0.176. The van der Waals surface area contributed by atoms with Crippen LogP contribution in [0.25, 0.3) is 21.6 Å². The molecular formula is C20H20N6OS2. The van der Waals surface area contributed by atoms with Crippen LogP contribution in [0.4, 0.5) is 5.13 Å². The number of thiophene rings is 1. The molecule has 0 radical (unpaired) electrons. The van der Waals surface area contributed by atoms with Crippen molar-refractivity contribution in [3.63, 3.8) is 0 Å². The van der Waals surface area contributed by atoms with Crippen molar-refractivity contribution in [1.82, 2.24) is 24.6 Å². The zero-order chi connectivity index (χ0) is 20.0. The Kier molecular flexibility index (Phi) is 4.65. The molecule has 4 aromatic heterocycles. The first-order valence-corrected chi connectivity index (χ1v) is 11.2. The van der Waals surface area contributed by atoms with Crippen LogP contribution < -0.4 is 5.32 Å². The first-order chi connectivity index (χ1) is 14.1. The average molecular weight is 425 g/mol. The molecule has 1 N–H and O–H groups in total. The van der Waals surface area contributed by atoms with Crippen LogP contribution in [0.5, 0.6) is 0 Å². The van der Waals surface area contributed by atoms with Gasteiger partial charge in [-0.25, -0.2) is 14.6 Å². The van der Waals surface area contributed by atoms with Crippen LogP contribution in [0.2, 0.25) is 0 Å². The summed E-state index contributed by atoms with van der Waals surface area (Å²) >= 11 is 3.16. The second-order valence-electron chi connectivity index (χ2n) is 7.06. The molecular weight excluding hydrogens is 404 g/mol. The van der Waals surface area contributed by atoms with Crippen LogP contribution in [0, 0.1) is 0 Å². The number of aromatic nitrogens is 4. The van der Waals surface area contributed by atoms with Crippen molar-refractivity contribution >= 4 is 44.7 Å². The van der Waals surface area contributed by atoms with Crippen LogP contribution >= 0.6 is 22.7 Å². The third-order valence-electron chi connectivity index (χ3n) is 5.07. The number of rotatable bonds is 4. The van der Waals surface area contributed by atoms with Gasteiger partial charge in [-0.2, -0.15) is 5.10 Å². The van der Waals surface area contributed by atoms with E-state index in [0.717, 1.165) is 46.8 Å². The normalized spacial score (nSPS) is 14.3. The number of likely N-dealkylation sites (N-methyl/N-ethyl adjacent to an activating group) is 1. The molecule has 0 aliphatic carbocycles. The molecule has 0 atom stereocenters. The Balaban J connectivity index is 1.53. The molecule has 9 heteroatoms. The molecule has 0 aromatic carbocycles. The first kappa shape index (κ1) is 18.4. The minimum absolute atomic E-state index is 0.176. The van der Waals surface area contributed by atoms with E-state index in [2.05, 4.69) is 27.3 Å². The van der Waals surface area contributed by atoms with E-state index in [1.165, 1.54) is 4.88 Å². The Hall–Kier alpha value is -2.62. The number of thiazole rings is 1. The van der Waals surface area contributed by atoms with Gasteiger partial charge in [0.05, 0.1) is 33.4 Å². The molecule has 0 spiro atoms. The maximum Gasteiger partial charge on any atom is 0.258 e. The summed E-state index contributed by atoms with van der Waals surface area (Å²) in [6.45, 7) is 4.59.